The number of ether oxygens (including phenoxy) is 1. The van der Waals surface area contributed by atoms with Gasteiger partial charge in [0.15, 0.2) is 0 Å². The summed E-state index contributed by atoms with van der Waals surface area (Å²) >= 11 is 0. The molecule has 0 aliphatic heterocycles. The minimum atomic E-state index is -0.107. The fraction of sp³-hybridized carbons (Fsp3) is 0.735. The van der Waals surface area contributed by atoms with Crippen LogP contribution in [-0.2, 0) is 9.53 Å². The van der Waals surface area contributed by atoms with Crippen LogP contribution in [0.1, 0.15) is 161 Å². The normalized spacial score (nSPS) is 22.2. The molecular formula is C34H54O2. The molecule has 2 heteroatoms. The van der Waals surface area contributed by atoms with E-state index in [0.29, 0.717) is 0 Å². The van der Waals surface area contributed by atoms with Crippen LogP contribution < -0.4 is 0 Å². The van der Waals surface area contributed by atoms with E-state index in [1.165, 1.54) is 126 Å². The van der Waals surface area contributed by atoms with Crippen LogP contribution in [0.15, 0.2) is 46.3 Å². The molecule has 0 saturated heterocycles. The molecule has 0 bridgehead atoms. The van der Waals surface area contributed by atoms with Crippen molar-refractivity contribution < 1.29 is 9.53 Å². The zero-order valence-corrected chi connectivity index (χ0v) is 23.5. The van der Waals surface area contributed by atoms with E-state index >= 15 is 0 Å². The third-order valence-corrected chi connectivity index (χ3v) is 8.38. The summed E-state index contributed by atoms with van der Waals surface area (Å²) in [7, 11) is 0. The minimum absolute atomic E-state index is 0.107. The van der Waals surface area contributed by atoms with Crippen molar-refractivity contribution in [3.05, 3.63) is 46.3 Å². The van der Waals surface area contributed by atoms with Gasteiger partial charge in [0.1, 0.15) is 5.76 Å². The monoisotopic (exact) mass is 494 g/mol. The zero-order valence-electron chi connectivity index (χ0n) is 23.5. The molecule has 3 rings (SSSR count). The summed E-state index contributed by atoms with van der Waals surface area (Å²) in [5.74, 6) is 0.810. The molecular weight excluding hydrogens is 440 g/mol. The molecule has 36 heavy (non-hydrogen) atoms. The lowest BCUT2D eigenvalue weighted by atomic mass is 9.85. The van der Waals surface area contributed by atoms with Crippen LogP contribution in [-0.4, -0.2) is 5.97 Å². The molecule has 0 saturated carbocycles. The SMILES string of the molecule is CC(C(=O)OC1=CCCCCCCCC1)=C(C1=CCCCCCCCC1)C1=CCCCCCCCC1. The highest BCUT2D eigenvalue weighted by atomic mass is 16.5. The van der Waals surface area contributed by atoms with Gasteiger partial charge in [0, 0.05) is 12.0 Å². The van der Waals surface area contributed by atoms with Crippen LogP contribution in [0.5, 0.6) is 0 Å². The number of hydrogen-bond acceptors (Lipinski definition) is 2. The lowest BCUT2D eigenvalue weighted by molar-refractivity contribution is -0.135. The first-order valence-corrected chi connectivity index (χ1v) is 15.8. The fourth-order valence-corrected chi connectivity index (χ4v) is 6.14. The van der Waals surface area contributed by atoms with E-state index in [4.69, 9.17) is 4.74 Å². The van der Waals surface area contributed by atoms with E-state index < -0.39 is 0 Å². The van der Waals surface area contributed by atoms with Crippen molar-refractivity contribution in [3.63, 3.8) is 0 Å². The maximum atomic E-state index is 13.7. The molecule has 0 spiro atoms. The molecule has 3 aliphatic rings. The van der Waals surface area contributed by atoms with Crippen molar-refractivity contribution in [2.45, 2.75) is 161 Å². The molecule has 3 aliphatic carbocycles. The highest BCUT2D eigenvalue weighted by Crippen LogP contribution is 2.34. The summed E-state index contributed by atoms with van der Waals surface area (Å²) in [6.07, 6.45) is 36.9. The Morgan fingerprint density at radius 1 is 0.528 bits per heavy atom. The summed E-state index contributed by atoms with van der Waals surface area (Å²) in [5.41, 5.74) is 4.95. The van der Waals surface area contributed by atoms with Crippen LogP contribution in [0.4, 0.5) is 0 Å². The Bertz CT molecular complexity index is 743. The van der Waals surface area contributed by atoms with E-state index in [0.717, 1.165) is 56.3 Å². The van der Waals surface area contributed by atoms with Gasteiger partial charge in [0.05, 0.1) is 0 Å². The fourth-order valence-electron chi connectivity index (χ4n) is 6.14. The highest BCUT2D eigenvalue weighted by Gasteiger charge is 2.21. The summed E-state index contributed by atoms with van der Waals surface area (Å²) in [6, 6.07) is 0. The molecule has 0 atom stereocenters. The van der Waals surface area contributed by atoms with E-state index in [-0.39, 0.29) is 5.97 Å². The smallest absolute Gasteiger partial charge is 0.339 e. The van der Waals surface area contributed by atoms with Gasteiger partial charge in [-0.15, -0.1) is 0 Å². The van der Waals surface area contributed by atoms with Crippen molar-refractivity contribution in [3.8, 4) is 0 Å². The summed E-state index contributed by atoms with van der Waals surface area (Å²) in [5, 5.41) is 0. The molecule has 0 radical (unpaired) electrons. The van der Waals surface area contributed by atoms with Crippen LogP contribution >= 0.6 is 0 Å². The first kappa shape index (κ1) is 29.0. The summed E-state index contributed by atoms with van der Waals surface area (Å²) in [4.78, 5) is 13.7. The zero-order chi connectivity index (χ0) is 25.3. The second kappa shape index (κ2) is 17.8. The molecule has 202 valence electrons. The molecule has 0 aromatic rings. The van der Waals surface area contributed by atoms with Crippen molar-refractivity contribution in [1.29, 1.82) is 0 Å². The number of carbonyl (C=O) groups excluding carboxylic acids is 1. The van der Waals surface area contributed by atoms with Gasteiger partial charge in [-0.25, -0.2) is 4.79 Å². The standard InChI is InChI=1S/C34H54O2/c1-29(34(35)36-32-27-21-15-9-4-10-16-22-28-32)33(30-23-17-11-5-2-6-12-18-24-30)31-25-19-13-7-3-8-14-20-26-31/h23,25,27H,2-22,24,26,28H2,1H3. The predicted octanol–water partition coefficient (Wildman–Crippen LogP) is 11.0. The van der Waals surface area contributed by atoms with Crippen molar-refractivity contribution in [1.82, 2.24) is 0 Å². The number of carbonyl (C=O) groups is 1. The molecule has 0 aromatic carbocycles. The van der Waals surface area contributed by atoms with Crippen molar-refractivity contribution in [2.24, 2.45) is 0 Å². The van der Waals surface area contributed by atoms with E-state index in [2.05, 4.69) is 25.2 Å². The maximum Gasteiger partial charge on any atom is 0.339 e. The van der Waals surface area contributed by atoms with Crippen LogP contribution in [0.25, 0.3) is 0 Å². The van der Waals surface area contributed by atoms with E-state index in [1.807, 2.05) is 0 Å². The van der Waals surface area contributed by atoms with E-state index in [9.17, 15) is 4.79 Å². The molecule has 0 fully saturated rings. The van der Waals surface area contributed by atoms with Gasteiger partial charge in [0.2, 0.25) is 0 Å². The number of allylic oxidation sites excluding steroid dienone is 7. The van der Waals surface area contributed by atoms with E-state index in [1.54, 1.807) is 0 Å². The largest absolute Gasteiger partial charge is 0.428 e. The average Bonchev–Trinajstić information content (AvgIpc) is 2.90. The molecule has 0 unspecified atom stereocenters. The second-order valence-electron chi connectivity index (χ2n) is 11.5. The van der Waals surface area contributed by atoms with Crippen LogP contribution in [0, 0.1) is 0 Å². The van der Waals surface area contributed by atoms with Crippen LogP contribution in [0.2, 0.25) is 0 Å². The molecule has 0 amide bonds. The lowest BCUT2D eigenvalue weighted by Crippen LogP contribution is -2.12. The number of rotatable bonds is 4. The van der Waals surface area contributed by atoms with Crippen LogP contribution in [0.3, 0.4) is 0 Å². The first-order valence-electron chi connectivity index (χ1n) is 15.8. The third kappa shape index (κ3) is 10.8. The van der Waals surface area contributed by atoms with Gasteiger partial charge in [0.25, 0.3) is 0 Å². The average molecular weight is 495 g/mol. The van der Waals surface area contributed by atoms with Gasteiger partial charge in [-0.1, -0.05) is 89.2 Å². The highest BCUT2D eigenvalue weighted by molar-refractivity contribution is 5.91. The van der Waals surface area contributed by atoms with Gasteiger partial charge in [-0.05, 0) is 100 Å². The molecule has 2 nitrogen and oxygen atoms in total. The quantitative estimate of drug-likeness (QED) is 0.287. The summed E-state index contributed by atoms with van der Waals surface area (Å²) in [6.45, 7) is 2.05. The van der Waals surface area contributed by atoms with Gasteiger partial charge in [-0.2, -0.15) is 0 Å². The Kier molecular flexibility index (Phi) is 14.3. The Balaban J connectivity index is 1.90. The van der Waals surface area contributed by atoms with Crippen molar-refractivity contribution in [2.75, 3.05) is 0 Å². The van der Waals surface area contributed by atoms with Crippen molar-refractivity contribution >= 4 is 5.97 Å². The minimum Gasteiger partial charge on any atom is -0.428 e. The molecule has 0 N–H and O–H groups in total. The molecule has 0 aromatic heterocycles. The Labute approximate surface area is 222 Å². The maximum absolute atomic E-state index is 13.7. The van der Waals surface area contributed by atoms with Gasteiger partial charge < -0.3 is 4.74 Å². The molecule has 0 heterocycles. The Morgan fingerprint density at radius 3 is 1.42 bits per heavy atom. The number of esters is 1. The number of hydrogen-bond donors (Lipinski definition) is 0. The summed E-state index contributed by atoms with van der Waals surface area (Å²) < 4.78 is 6.16. The topological polar surface area (TPSA) is 26.3 Å². The lowest BCUT2D eigenvalue weighted by Gasteiger charge is -2.21. The Morgan fingerprint density at radius 2 is 0.917 bits per heavy atom. The van der Waals surface area contributed by atoms with Gasteiger partial charge >= 0.3 is 5.97 Å². The second-order valence-corrected chi connectivity index (χ2v) is 11.5. The Hall–Kier alpha value is -1.57. The third-order valence-electron chi connectivity index (χ3n) is 8.38. The predicted molar refractivity (Wildman–Crippen MR) is 154 cm³/mol. The van der Waals surface area contributed by atoms with Gasteiger partial charge in [-0.3, -0.25) is 0 Å². The first-order chi connectivity index (χ1) is 17.8.